The molecule has 3 amide bonds. The van der Waals surface area contributed by atoms with Crippen LogP contribution in [0.4, 0.5) is 14.9 Å². The number of benzene rings is 1. The molecule has 2 fully saturated rings. The molecule has 3 rings (SSSR count). The number of likely N-dealkylation sites (tertiary alicyclic amines) is 1. The highest BCUT2D eigenvalue weighted by molar-refractivity contribution is 5.99. The molecule has 6 nitrogen and oxygen atoms in total. The smallest absolute Gasteiger partial charge is 0.319 e. The standard InChI is InChI=1S/C29H40FN3O3/c1-6-22-17-21(5)26(32-28(35)31-19-24-9-8-16-36-24)18-25(22)27(34)33-14-12-29(30,13-15-33)23(7-2)11-10-20(3)4/h7,10-11,17-18,24H,3,6,8-9,12-16,19H2,1-2,4-5H3,(H2,31,32,35)/b11-10-,23-7+/t24-/m1/s1. The van der Waals surface area contributed by atoms with Crippen LogP contribution in [0.25, 0.3) is 0 Å². The topological polar surface area (TPSA) is 70.7 Å². The van der Waals surface area contributed by atoms with Gasteiger partial charge in [-0.15, -0.1) is 0 Å². The van der Waals surface area contributed by atoms with Gasteiger partial charge in [-0.3, -0.25) is 4.79 Å². The molecule has 2 saturated heterocycles. The zero-order chi connectivity index (χ0) is 26.3. The van der Waals surface area contributed by atoms with Crippen molar-refractivity contribution in [1.82, 2.24) is 10.2 Å². The summed E-state index contributed by atoms with van der Waals surface area (Å²) in [7, 11) is 0. The second-order valence-electron chi connectivity index (χ2n) is 9.83. The molecule has 1 aromatic carbocycles. The van der Waals surface area contributed by atoms with Gasteiger partial charge in [0, 0.05) is 50.3 Å². The summed E-state index contributed by atoms with van der Waals surface area (Å²) in [5.74, 6) is -0.129. The number of carbonyl (C=O) groups is 2. The third kappa shape index (κ3) is 6.84. The lowest BCUT2D eigenvalue weighted by Crippen LogP contribution is -2.45. The van der Waals surface area contributed by atoms with E-state index in [1.165, 1.54) is 0 Å². The van der Waals surface area contributed by atoms with Crippen LogP contribution >= 0.6 is 0 Å². The number of urea groups is 1. The van der Waals surface area contributed by atoms with Crippen LogP contribution in [-0.4, -0.2) is 54.9 Å². The molecule has 1 atom stereocenters. The minimum atomic E-state index is -1.47. The van der Waals surface area contributed by atoms with E-state index in [4.69, 9.17) is 4.74 Å². The second-order valence-corrected chi connectivity index (χ2v) is 9.83. The Hall–Kier alpha value is -2.93. The van der Waals surface area contributed by atoms with Crippen molar-refractivity contribution in [2.75, 3.05) is 31.6 Å². The number of amides is 3. The average molecular weight is 498 g/mol. The Bertz CT molecular complexity index is 1030. The number of nitrogens with one attached hydrogen (secondary N) is 2. The van der Waals surface area contributed by atoms with E-state index in [2.05, 4.69) is 17.2 Å². The van der Waals surface area contributed by atoms with E-state index >= 15 is 4.39 Å². The van der Waals surface area contributed by atoms with Gasteiger partial charge in [-0.2, -0.15) is 0 Å². The molecule has 0 aliphatic carbocycles. The number of hydrogen-bond donors (Lipinski definition) is 2. The van der Waals surface area contributed by atoms with Crippen molar-refractivity contribution in [2.45, 2.75) is 71.6 Å². The van der Waals surface area contributed by atoms with E-state index in [0.29, 0.717) is 42.9 Å². The van der Waals surface area contributed by atoms with Crippen LogP contribution in [0.15, 0.2) is 48.1 Å². The molecule has 0 unspecified atom stereocenters. The highest BCUT2D eigenvalue weighted by Crippen LogP contribution is 2.35. The summed E-state index contributed by atoms with van der Waals surface area (Å²) in [5, 5.41) is 5.74. The number of piperidine rings is 1. The first-order chi connectivity index (χ1) is 17.2. The lowest BCUT2D eigenvalue weighted by Gasteiger charge is -2.37. The predicted octanol–water partition coefficient (Wildman–Crippen LogP) is 5.88. The van der Waals surface area contributed by atoms with Gasteiger partial charge in [-0.1, -0.05) is 43.4 Å². The maximum absolute atomic E-state index is 15.8. The number of ether oxygens (including phenoxy) is 1. The summed E-state index contributed by atoms with van der Waals surface area (Å²) in [6, 6.07) is 3.39. The van der Waals surface area contributed by atoms with Gasteiger partial charge in [0.15, 0.2) is 0 Å². The molecule has 196 valence electrons. The molecule has 0 spiro atoms. The van der Waals surface area contributed by atoms with E-state index in [0.717, 1.165) is 36.1 Å². The fourth-order valence-corrected chi connectivity index (χ4v) is 4.83. The fourth-order valence-electron chi connectivity index (χ4n) is 4.83. The Morgan fingerprint density at radius 1 is 1.28 bits per heavy atom. The molecule has 2 aliphatic rings. The van der Waals surface area contributed by atoms with E-state index < -0.39 is 5.67 Å². The van der Waals surface area contributed by atoms with Crippen LogP contribution in [0.3, 0.4) is 0 Å². The third-order valence-corrected chi connectivity index (χ3v) is 7.04. The number of carbonyl (C=O) groups excluding carboxylic acids is 2. The van der Waals surface area contributed by atoms with Crippen molar-refractivity contribution in [3.8, 4) is 0 Å². The Morgan fingerprint density at radius 3 is 2.58 bits per heavy atom. The fraction of sp³-hybridized carbons (Fsp3) is 0.517. The summed E-state index contributed by atoms with van der Waals surface area (Å²) in [6.07, 6.45) is 8.58. The first kappa shape index (κ1) is 27.7. The number of hydrogen-bond acceptors (Lipinski definition) is 3. The monoisotopic (exact) mass is 497 g/mol. The molecule has 2 aliphatic heterocycles. The summed E-state index contributed by atoms with van der Waals surface area (Å²) in [4.78, 5) is 27.7. The molecule has 0 saturated carbocycles. The number of anilines is 1. The molecule has 2 heterocycles. The van der Waals surface area contributed by atoms with Gasteiger partial charge in [0.05, 0.1) is 6.10 Å². The maximum Gasteiger partial charge on any atom is 0.319 e. The Balaban J connectivity index is 1.70. The average Bonchev–Trinajstić information content (AvgIpc) is 3.37. The number of rotatable bonds is 8. The minimum absolute atomic E-state index is 0.0533. The summed E-state index contributed by atoms with van der Waals surface area (Å²) in [5.41, 5.74) is 2.98. The SMILES string of the molecule is C=C(C)/C=C\C(=C/C)C1(F)CCN(C(=O)c2cc(NC(=O)NC[C@H]3CCCO3)c(C)cc2CC)CC1. The first-order valence-corrected chi connectivity index (χ1v) is 13.0. The maximum atomic E-state index is 15.8. The third-order valence-electron chi connectivity index (χ3n) is 7.04. The Morgan fingerprint density at radius 2 is 2.00 bits per heavy atom. The van der Waals surface area contributed by atoms with Gasteiger partial charge < -0.3 is 20.3 Å². The van der Waals surface area contributed by atoms with Crippen LogP contribution < -0.4 is 10.6 Å². The first-order valence-electron chi connectivity index (χ1n) is 13.0. The largest absolute Gasteiger partial charge is 0.376 e. The van der Waals surface area contributed by atoms with Crippen molar-refractivity contribution < 1.29 is 18.7 Å². The van der Waals surface area contributed by atoms with Gasteiger partial charge in [0.1, 0.15) is 5.67 Å². The molecule has 2 N–H and O–H groups in total. The predicted molar refractivity (Wildman–Crippen MR) is 143 cm³/mol. The minimum Gasteiger partial charge on any atom is -0.376 e. The van der Waals surface area contributed by atoms with Crippen LogP contribution in [0, 0.1) is 6.92 Å². The molecular formula is C29H40FN3O3. The van der Waals surface area contributed by atoms with Crippen LogP contribution in [-0.2, 0) is 11.2 Å². The normalized spacial score (nSPS) is 20.0. The number of aryl methyl sites for hydroxylation is 2. The van der Waals surface area contributed by atoms with Crippen LogP contribution in [0.1, 0.15) is 67.9 Å². The molecule has 0 bridgehead atoms. The van der Waals surface area contributed by atoms with Crippen molar-refractivity contribution in [1.29, 1.82) is 0 Å². The number of nitrogens with zero attached hydrogens (tertiary/aromatic N) is 1. The van der Waals surface area contributed by atoms with E-state index in [-0.39, 0.29) is 30.9 Å². The summed E-state index contributed by atoms with van der Waals surface area (Å²) >= 11 is 0. The summed E-state index contributed by atoms with van der Waals surface area (Å²) < 4.78 is 21.3. The Labute approximate surface area is 214 Å². The highest BCUT2D eigenvalue weighted by atomic mass is 19.1. The van der Waals surface area contributed by atoms with Gasteiger partial charge >= 0.3 is 6.03 Å². The van der Waals surface area contributed by atoms with E-state index in [9.17, 15) is 9.59 Å². The van der Waals surface area contributed by atoms with Gasteiger partial charge in [-0.25, -0.2) is 9.18 Å². The highest BCUT2D eigenvalue weighted by Gasteiger charge is 2.38. The lowest BCUT2D eigenvalue weighted by molar-refractivity contribution is 0.0556. The van der Waals surface area contributed by atoms with Crippen molar-refractivity contribution in [2.24, 2.45) is 0 Å². The van der Waals surface area contributed by atoms with E-state index in [1.807, 2.05) is 39.8 Å². The molecule has 0 aromatic heterocycles. The van der Waals surface area contributed by atoms with Crippen LogP contribution in [0.5, 0.6) is 0 Å². The van der Waals surface area contributed by atoms with Crippen molar-refractivity contribution in [3.05, 3.63) is 64.8 Å². The number of alkyl halides is 1. The molecule has 1 aromatic rings. The zero-order valence-corrected chi connectivity index (χ0v) is 22.1. The number of allylic oxidation sites excluding steroid dienone is 5. The van der Waals surface area contributed by atoms with Crippen molar-refractivity contribution in [3.63, 3.8) is 0 Å². The van der Waals surface area contributed by atoms with Gasteiger partial charge in [-0.05, 0) is 62.8 Å². The molecular weight excluding hydrogens is 457 g/mol. The molecule has 0 radical (unpaired) electrons. The molecule has 36 heavy (non-hydrogen) atoms. The van der Waals surface area contributed by atoms with Crippen LogP contribution in [0.2, 0.25) is 0 Å². The molecule has 7 heteroatoms. The van der Waals surface area contributed by atoms with E-state index in [1.54, 1.807) is 23.1 Å². The van der Waals surface area contributed by atoms with Crippen molar-refractivity contribution >= 4 is 17.6 Å². The quantitative estimate of drug-likeness (QED) is 0.441. The second kappa shape index (κ2) is 12.3. The summed E-state index contributed by atoms with van der Waals surface area (Å²) in [6.45, 7) is 13.3. The lowest BCUT2D eigenvalue weighted by atomic mass is 9.84. The number of halogens is 1. The van der Waals surface area contributed by atoms with Gasteiger partial charge in [0.2, 0.25) is 0 Å². The Kier molecular flexibility index (Phi) is 9.49. The van der Waals surface area contributed by atoms with Gasteiger partial charge in [0.25, 0.3) is 5.91 Å². The zero-order valence-electron chi connectivity index (χ0n) is 22.1.